The topological polar surface area (TPSA) is 149 Å². The van der Waals surface area contributed by atoms with E-state index >= 15 is 0 Å². The van der Waals surface area contributed by atoms with Crippen molar-refractivity contribution < 1.29 is 38.4 Å². The molecule has 0 bridgehead atoms. The molecule has 0 saturated heterocycles. The van der Waals surface area contributed by atoms with Gasteiger partial charge < -0.3 is 39.4 Å². The normalized spacial score (nSPS) is 15.0. The summed E-state index contributed by atoms with van der Waals surface area (Å²) in [5.74, 6) is 1.26. The van der Waals surface area contributed by atoms with E-state index in [0.29, 0.717) is 64.1 Å². The Labute approximate surface area is 289 Å². The summed E-state index contributed by atoms with van der Waals surface area (Å²) in [5, 5.41) is 20.0. The van der Waals surface area contributed by atoms with Crippen LogP contribution < -0.4 is 35.0 Å². The van der Waals surface area contributed by atoms with Gasteiger partial charge in [-0.2, -0.15) is 5.10 Å². The minimum Gasteiger partial charge on any atom is -0.490 e. The maximum atomic E-state index is 12.5. The molecule has 1 heterocycles. The second-order valence-corrected chi connectivity index (χ2v) is 11.9. The number of ether oxygens (including phenoxy) is 5. The van der Waals surface area contributed by atoms with Gasteiger partial charge in [0.05, 0.1) is 42.6 Å². The largest absolute Gasteiger partial charge is 0.490 e. The number of carbonyl (C=O) groups is 2. The molecule has 250 valence electrons. The number of hydrazone groups is 1. The van der Waals surface area contributed by atoms with E-state index in [4.69, 9.17) is 23.7 Å². The Bertz CT molecular complexity index is 1630. The Balaban J connectivity index is 1.40. The molecule has 3 aromatic carbocycles. The molecule has 1 aliphatic heterocycles. The highest BCUT2D eigenvalue weighted by molar-refractivity contribution is 9.10. The Morgan fingerprint density at radius 2 is 1.72 bits per heavy atom. The highest BCUT2D eigenvalue weighted by Crippen LogP contribution is 2.38. The van der Waals surface area contributed by atoms with E-state index in [1.165, 1.54) is 13.3 Å². The van der Waals surface area contributed by atoms with E-state index in [1.807, 2.05) is 44.2 Å². The Morgan fingerprint density at radius 1 is 1.00 bits per heavy atom. The van der Waals surface area contributed by atoms with Gasteiger partial charge in [-0.25, -0.2) is 9.59 Å². The minimum atomic E-state index is -1.16. The molecular formula is C33H36Br2N4O8. The van der Waals surface area contributed by atoms with Crippen molar-refractivity contribution in [1.29, 1.82) is 0 Å². The van der Waals surface area contributed by atoms with Crippen LogP contribution in [0.5, 0.6) is 23.0 Å². The number of carbonyl (C=O) groups excluding carboxylic acids is 2. The van der Waals surface area contributed by atoms with Crippen molar-refractivity contribution in [1.82, 2.24) is 16.1 Å². The van der Waals surface area contributed by atoms with Crippen molar-refractivity contribution in [3.05, 3.63) is 91.5 Å². The number of amides is 2. The molecule has 4 N–H and O–H groups in total. The summed E-state index contributed by atoms with van der Waals surface area (Å²) in [5.41, 5.74) is 5.59. The number of nitrogens with one attached hydrogen (secondary N) is 3. The number of aliphatic hydroxyl groups excluding tert-OH is 1. The van der Waals surface area contributed by atoms with Crippen molar-refractivity contribution in [3.8, 4) is 23.0 Å². The number of urea groups is 1. The van der Waals surface area contributed by atoms with Crippen LogP contribution in [0.2, 0.25) is 0 Å². The van der Waals surface area contributed by atoms with E-state index in [1.54, 1.807) is 31.2 Å². The van der Waals surface area contributed by atoms with E-state index in [2.05, 4.69) is 53.0 Å². The highest BCUT2D eigenvalue weighted by atomic mass is 79.9. The summed E-state index contributed by atoms with van der Waals surface area (Å²) in [6.45, 7) is 6.30. The van der Waals surface area contributed by atoms with Crippen molar-refractivity contribution in [2.24, 2.45) is 5.10 Å². The summed E-state index contributed by atoms with van der Waals surface area (Å²) >= 11 is 7.01. The van der Waals surface area contributed by atoms with Gasteiger partial charge in [-0.3, -0.25) is 5.43 Å². The Hall–Kier alpha value is -4.27. The monoisotopic (exact) mass is 774 g/mol. The SMILES string of the molecule is CCOc1cc([C@@H]2NC(=O)NC(C)=C2C(=O)OC)ccc1OC[C@H](O)N/N=C\c1cc(Br)c(OCc2ccc(Br)cc2)c(OCC)c1. The molecule has 0 unspecified atom stereocenters. The molecule has 4 rings (SSSR count). The van der Waals surface area contributed by atoms with Crippen LogP contribution in [-0.2, 0) is 16.1 Å². The number of hydrogen-bond acceptors (Lipinski definition) is 10. The third-order valence-electron chi connectivity index (χ3n) is 6.74. The van der Waals surface area contributed by atoms with Gasteiger partial charge in [0.1, 0.15) is 13.2 Å². The number of hydrogen-bond donors (Lipinski definition) is 4. The first-order chi connectivity index (χ1) is 22.6. The average molecular weight is 776 g/mol. The lowest BCUT2D eigenvalue weighted by Gasteiger charge is -2.28. The third-order valence-corrected chi connectivity index (χ3v) is 7.86. The van der Waals surface area contributed by atoms with Crippen LogP contribution in [0.4, 0.5) is 4.79 Å². The predicted molar refractivity (Wildman–Crippen MR) is 183 cm³/mol. The van der Waals surface area contributed by atoms with Crippen molar-refractivity contribution >= 4 is 50.1 Å². The molecule has 0 saturated carbocycles. The molecule has 0 fully saturated rings. The Kier molecular flexibility index (Phi) is 12.9. The van der Waals surface area contributed by atoms with Crippen LogP contribution in [0.25, 0.3) is 0 Å². The van der Waals surface area contributed by atoms with Gasteiger partial charge in [-0.05, 0) is 89.8 Å². The predicted octanol–water partition coefficient (Wildman–Crippen LogP) is 5.71. The average Bonchev–Trinajstić information content (AvgIpc) is 3.04. The van der Waals surface area contributed by atoms with Gasteiger partial charge in [-0.15, -0.1) is 0 Å². The number of esters is 1. The molecule has 12 nitrogen and oxygen atoms in total. The Morgan fingerprint density at radius 3 is 2.43 bits per heavy atom. The molecule has 1 aliphatic rings. The molecule has 0 radical (unpaired) electrons. The van der Waals surface area contributed by atoms with Crippen LogP contribution in [0.15, 0.2) is 79.9 Å². The minimum absolute atomic E-state index is 0.163. The maximum absolute atomic E-state index is 12.5. The van der Waals surface area contributed by atoms with Gasteiger partial charge in [0.25, 0.3) is 0 Å². The van der Waals surface area contributed by atoms with Crippen molar-refractivity contribution in [3.63, 3.8) is 0 Å². The van der Waals surface area contributed by atoms with Gasteiger partial charge in [-0.1, -0.05) is 34.1 Å². The zero-order chi connectivity index (χ0) is 33.9. The zero-order valence-electron chi connectivity index (χ0n) is 26.3. The van der Waals surface area contributed by atoms with Gasteiger partial charge >= 0.3 is 12.0 Å². The van der Waals surface area contributed by atoms with Crippen LogP contribution in [-0.4, -0.2) is 56.5 Å². The van der Waals surface area contributed by atoms with Crippen LogP contribution >= 0.6 is 31.9 Å². The first-order valence-electron chi connectivity index (χ1n) is 14.7. The van der Waals surface area contributed by atoms with Crippen LogP contribution in [0.1, 0.15) is 43.5 Å². The van der Waals surface area contributed by atoms with E-state index in [9.17, 15) is 14.7 Å². The standard InChI is InChI=1S/C33H36Br2N4O8/c1-5-44-26-15-22(30-29(32(41)43-4)19(3)37-33(42)38-30)9-12-25(26)46-18-28(40)39-36-16-21-13-24(35)31(27(14-21)45-6-2)47-17-20-7-10-23(34)11-8-20/h7-16,28,30,39-40H,5-6,17-18H2,1-4H3,(H2,37,38,42)/b36-16-/t28-,30-/m0/s1. The van der Waals surface area contributed by atoms with Crippen molar-refractivity contribution in [2.75, 3.05) is 26.9 Å². The van der Waals surface area contributed by atoms with E-state index in [0.717, 1.165) is 10.0 Å². The molecule has 3 aromatic rings. The number of allylic oxidation sites excluding steroid dienone is 1. The van der Waals surface area contributed by atoms with Crippen LogP contribution in [0, 0.1) is 0 Å². The first-order valence-corrected chi connectivity index (χ1v) is 16.3. The fourth-order valence-electron chi connectivity index (χ4n) is 4.62. The van der Waals surface area contributed by atoms with Gasteiger partial charge in [0.15, 0.2) is 29.2 Å². The second-order valence-electron chi connectivity index (χ2n) is 10.1. The maximum Gasteiger partial charge on any atom is 0.337 e. The fraction of sp³-hybridized carbons (Fsp3) is 0.303. The van der Waals surface area contributed by atoms with E-state index < -0.39 is 24.3 Å². The lowest BCUT2D eigenvalue weighted by Crippen LogP contribution is -2.45. The molecule has 0 spiro atoms. The first kappa shape index (κ1) is 35.6. The number of halogens is 2. The van der Waals surface area contributed by atoms with E-state index in [-0.39, 0.29) is 12.2 Å². The number of aliphatic hydroxyl groups is 1. The second kappa shape index (κ2) is 17.0. The van der Waals surface area contributed by atoms with Crippen LogP contribution in [0.3, 0.4) is 0 Å². The third kappa shape index (κ3) is 9.62. The lowest BCUT2D eigenvalue weighted by atomic mass is 9.95. The summed E-state index contributed by atoms with van der Waals surface area (Å²) in [4.78, 5) is 24.7. The van der Waals surface area contributed by atoms with Gasteiger partial charge in [0.2, 0.25) is 0 Å². The molecule has 14 heteroatoms. The lowest BCUT2D eigenvalue weighted by molar-refractivity contribution is -0.136. The fourth-order valence-corrected chi connectivity index (χ4v) is 5.46. The highest BCUT2D eigenvalue weighted by Gasteiger charge is 2.32. The number of benzene rings is 3. The molecule has 0 aliphatic carbocycles. The quantitative estimate of drug-likeness (QED) is 0.0660. The number of rotatable bonds is 15. The summed E-state index contributed by atoms with van der Waals surface area (Å²) < 4.78 is 30.1. The van der Waals surface area contributed by atoms with Crippen molar-refractivity contribution in [2.45, 2.75) is 39.6 Å². The number of methoxy groups -OCH3 is 1. The summed E-state index contributed by atoms with van der Waals surface area (Å²) in [6.07, 6.45) is 0.376. The zero-order valence-corrected chi connectivity index (χ0v) is 29.4. The summed E-state index contributed by atoms with van der Waals surface area (Å²) in [7, 11) is 1.28. The molecule has 2 amide bonds. The molecule has 2 atom stereocenters. The molecular weight excluding hydrogens is 740 g/mol. The molecule has 47 heavy (non-hydrogen) atoms. The smallest absolute Gasteiger partial charge is 0.337 e. The summed E-state index contributed by atoms with van der Waals surface area (Å²) in [6, 6.07) is 15.3. The van der Waals surface area contributed by atoms with Gasteiger partial charge in [0, 0.05) is 10.2 Å². The molecule has 0 aromatic heterocycles. The number of nitrogens with zero attached hydrogens (tertiary/aromatic N) is 1.